The number of nitrogens with one attached hydrogen (secondary N) is 1. The van der Waals surface area contributed by atoms with Gasteiger partial charge in [0.05, 0.1) is 16.8 Å². The number of pyridine rings is 1. The van der Waals surface area contributed by atoms with Crippen LogP contribution in [0, 0.1) is 0 Å². The summed E-state index contributed by atoms with van der Waals surface area (Å²) in [5.74, 6) is -1.11. The van der Waals surface area contributed by atoms with Crippen LogP contribution in [0.2, 0.25) is 0 Å². The van der Waals surface area contributed by atoms with Crippen molar-refractivity contribution in [1.82, 2.24) is 10.3 Å². The zero-order valence-electron chi connectivity index (χ0n) is 15.8. The van der Waals surface area contributed by atoms with E-state index in [4.69, 9.17) is 4.74 Å². The minimum absolute atomic E-state index is 0.0136. The smallest absolute Gasteiger partial charge is 0.387 e. The van der Waals surface area contributed by atoms with Gasteiger partial charge in [0.15, 0.2) is 6.61 Å². The molecule has 2 aromatic carbocycles. The third-order valence-electron chi connectivity index (χ3n) is 4.09. The maximum atomic E-state index is 12.6. The molecule has 0 aliphatic carbocycles. The summed E-state index contributed by atoms with van der Waals surface area (Å²) < 4.78 is 34.2. The Hall–Kier alpha value is -3.81. The van der Waals surface area contributed by atoms with Crippen molar-refractivity contribution in [2.75, 3.05) is 13.2 Å². The van der Waals surface area contributed by atoms with Crippen LogP contribution in [0.4, 0.5) is 8.78 Å². The molecule has 0 aliphatic rings. The number of aromatic nitrogens is 1. The number of rotatable bonds is 8. The number of esters is 1. The highest BCUT2D eigenvalue weighted by molar-refractivity contribution is 6.05. The molecule has 0 saturated carbocycles. The Morgan fingerprint density at radius 1 is 1.13 bits per heavy atom. The van der Waals surface area contributed by atoms with Crippen LogP contribution in [-0.2, 0) is 9.53 Å². The van der Waals surface area contributed by atoms with E-state index in [1.807, 2.05) is 0 Å². The van der Waals surface area contributed by atoms with Crippen LogP contribution in [0.25, 0.3) is 22.2 Å². The number of ether oxygens (including phenoxy) is 2. The van der Waals surface area contributed by atoms with Crippen LogP contribution in [0.5, 0.6) is 5.75 Å². The molecule has 0 atom stereocenters. The number of halogens is 2. The number of carbonyl (C=O) groups excluding carboxylic acids is 2. The molecule has 3 aromatic rings. The predicted molar refractivity (Wildman–Crippen MR) is 107 cm³/mol. The molecule has 1 N–H and O–H groups in total. The first-order valence-electron chi connectivity index (χ1n) is 8.97. The van der Waals surface area contributed by atoms with E-state index >= 15 is 0 Å². The minimum Gasteiger partial charge on any atom is -0.452 e. The van der Waals surface area contributed by atoms with Crippen LogP contribution in [0.15, 0.2) is 67.3 Å². The number of para-hydroxylation sites is 1. The fourth-order valence-electron chi connectivity index (χ4n) is 2.75. The van der Waals surface area contributed by atoms with Crippen molar-refractivity contribution in [2.24, 2.45) is 0 Å². The van der Waals surface area contributed by atoms with Crippen molar-refractivity contribution in [3.05, 3.63) is 72.8 Å². The Balaban J connectivity index is 1.89. The summed E-state index contributed by atoms with van der Waals surface area (Å²) in [5.41, 5.74) is 1.83. The number of nitrogens with zero attached hydrogens (tertiary/aromatic N) is 1. The second kappa shape index (κ2) is 9.60. The standard InChI is InChI=1S/C22H18F2N2O4/c1-2-11-25-20(27)13-29-21(28)17-12-19(26-18-6-4-3-5-16(17)18)14-7-9-15(10-8-14)30-22(23)24/h2-10,12,22H,1,11,13H2,(H,25,27). The summed E-state index contributed by atoms with van der Waals surface area (Å²) >= 11 is 0. The van der Waals surface area contributed by atoms with E-state index in [1.165, 1.54) is 24.3 Å². The van der Waals surface area contributed by atoms with Crippen LogP contribution in [-0.4, -0.2) is 36.6 Å². The van der Waals surface area contributed by atoms with Gasteiger partial charge in [-0.15, -0.1) is 6.58 Å². The largest absolute Gasteiger partial charge is 0.452 e. The van der Waals surface area contributed by atoms with Gasteiger partial charge in [0.25, 0.3) is 5.91 Å². The van der Waals surface area contributed by atoms with Crippen molar-refractivity contribution < 1.29 is 27.8 Å². The number of benzene rings is 2. The van der Waals surface area contributed by atoms with E-state index < -0.39 is 25.1 Å². The Morgan fingerprint density at radius 3 is 2.57 bits per heavy atom. The van der Waals surface area contributed by atoms with Crippen molar-refractivity contribution >= 4 is 22.8 Å². The van der Waals surface area contributed by atoms with E-state index in [9.17, 15) is 18.4 Å². The summed E-state index contributed by atoms with van der Waals surface area (Å²) in [4.78, 5) is 28.9. The molecule has 0 unspecified atom stereocenters. The van der Waals surface area contributed by atoms with E-state index in [-0.39, 0.29) is 17.9 Å². The Bertz CT molecular complexity index is 1070. The molecule has 0 radical (unpaired) electrons. The van der Waals surface area contributed by atoms with Gasteiger partial charge in [0.1, 0.15) is 5.75 Å². The van der Waals surface area contributed by atoms with Crippen LogP contribution in [0.1, 0.15) is 10.4 Å². The zero-order chi connectivity index (χ0) is 21.5. The number of amides is 1. The van der Waals surface area contributed by atoms with Gasteiger partial charge in [0.2, 0.25) is 0 Å². The minimum atomic E-state index is -2.92. The normalized spacial score (nSPS) is 10.6. The van der Waals surface area contributed by atoms with Gasteiger partial charge in [-0.2, -0.15) is 8.78 Å². The molecule has 1 heterocycles. The highest BCUT2D eigenvalue weighted by Crippen LogP contribution is 2.27. The van der Waals surface area contributed by atoms with Gasteiger partial charge in [-0.25, -0.2) is 9.78 Å². The number of hydrogen-bond donors (Lipinski definition) is 1. The van der Waals surface area contributed by atoms with E-state index in [0.29, 0.717) is 22.2 Å². The number of carbonyl (C=O) groups is 2. The van der Waals surface area contributed by atoms with Gasteiger partial charge in [-0.1, -0.05) is 24.3 Å². The molecule has 6 nitrogen and oxygen atoms in total. The summed E-state index contributed by atoms with van der Waals surface area (Å²) in [6, 6.07) is 14.4. The van der Waals surface area contributed by atoms with Gasteiger partial charge < -0.3 is 14.8 Å². The first kappa shape index (κ1) is 20.9. The molecule has 30 heavy (non-hydrogen) atoms. The molecule has 0 bridgehead atoms. The van der Waals surface area contributed by atoms with Crippen molar-refractivity contribution in [3.63, 3.8) is 0 Å². The molecule has 0 spiro atoms. The molecular formula is C22H18F2N2O4. The van der Waals surface area contributed by atoms with Crippen molar-refractivity contribution in [3.8, 4) is 17.0 Å². The average Bonchev–Trinajstić information content (AvgIpc) is 2.75. The lowest BCUT2D eigenvalue weighted by molar-refractivity contribution is -0.124. The summed E-state index contributed by atoms with van der Waals surface area (Å²) in [6.07, 6.45) is 1.51. The number of alkyl halides is 2. The van der Waals surface area contributed by atoms with E-state index in [2.05, 4.69) is 21.6 Å². The number of hydrogen-bond acceptors (Lipinski definition) is 5. The second-order valence-electron chi connectivity index (χ2n) is 6.14. The summed E-state index contributed by atoms with van der Waals surface area (Å²) in [5, 5.41) is 3.09. The molecule has 0 saturated heterocycles. The summed E-state index contributed by atoms with van der Waals surface area (Å²) in [6.45, 7) is 0.412. The lowest BCUT2D eigenvalue weighted by atomic mass is 10.0. The third-order valence-corrected chi connectivity index (χ3v) is 4.09. The monoisotopic (exact) mass is 412 g/mol. The predicted octanol–water partition coefficient (Wildman–Crippen LogP) is 3.96. The van der Waals surface area contributed by atoms with Gasteiger partial charge in [-0.3, -0.25) is 4.79 Å². The molecule has 0 aliphatic heterocycles. The second-order valence-corrected chi connectivity index (χ2v) is 6.14. The maximum absolute atomic E-state index is 12.6. The summed E-state index contributed by atoms with van der Waals surface area (Å²) in [7, 11) is 0. The van der Waals surface area contributed by atoms with Crippen LogP contribution in [0.3, 0.4) is 0 Å². The average molecular weight is 412 g/mol. The van der Waals surface area contributed by atoms with Gasteiger partial charge >= 0.3 is 12.6 Å². The molecule has 1 amide bonds. The molecule has 0 fully saturated rings. The topological polar surface area (TPSA) is 77.5 Å². The first-order chi connectivity index (χ1) is 14.5. The van der Waals surface area contributed by atoms with Gasteiger partial charge in [0, 0.05) is 17.5 Å². The van der Waals surface area contributed by atoms with Crippen molar-refractivity contribution in [2.45, 2.75) is 6.61 Å². The van der Waals surface area contributed by atoms with Crippen molar-refractivity contribution in [1.29, 1.82) is 0 Å². The van der Waals surface area contributed by atoms with Crippen LogP contribution >= 0.6 is 0 Å². The molecular weight excluding hydrogens is 394 g/mol. The highest BCUT2D eigenvalue weighted by Gasteiger charge is 2.16. The fourth-order valence-corrected chi connectivity index (χ4v) is 2.75. The quantitative estimate of drug-likeness (QED) is 0.448. The fraction of sp³-hybridized carbons (Fsp3) is 0.136. The third kappa shape index (κ3) is 5.16. The Morgan fingerprint density at radius 2 is 1.87 bits per heavy atom. The van der Waals surface area contributed by atoms with Gasteiger partial charge in [-0.05, 0) is 36.4 Å². The zero-order valence-corrected chi connectivity index (χ0v) is 15.8. The first-order valence-corrected chi connectivity index (χ1v) is 8.97. The maximum Gasteiger partial charge on any atom is 0.387 e. The Kier molecular flexibility index (Phi) is 6.69. The number of fused-ring (bicyclic) bond motifs is 1. The van der Waals surface area contributed by atoms with E-state index in [1.54, 1.807) is 36.4 Å². The molecule has 1 aromatic heterocycles. The van der Waals surface area contributed by atoms with E-state index in [0.717, 1.165) is 0 Å². The highest BCUT2D eigenvalue weighted by atomic mass is 19.3. The lowest BCUT2D eigenvalue weighted by Gasteiger charge is -2.11. The SMILES string of the molecule is C=CCNC(=O)COC(=O)c1cc(-c2ccc(OC(F)F)cc2)nc2ccccc12. The van der Waals surface area contributed by atoms with Crippen LogP contribution < -0.4 is 10.1 Å². The Labute approximate surface area is 171 Å². The molecule has 154 valence electrons. The lowest BCUT2D eigenvalue weighted by Crippen LogP contribution is -2.28. The molecule has 8 heteroatoms. The molecule has 3 rings (SSSR count).